The predicted octanol–water partition coefficient (Wildman–Crippen LogP) is 2.11. The van der Waals surface area contributed by atoms with E-state index in [4.69, 9.17) is 4.74 Å². The molecule has 2 aromatic carbocycles. The van der Waals surface area contributed by atoms with Gasteiger partial charge in [0.15, 0.2) is 0 Å². The van der Waals surface area contributed by atoms with Crippen LogP contribution in [0.4, 0.5) is 5.69 Å². The molecule has 0 fully saturated rings. The van der Waals surface area contributed by atoms with Crippen LogP contribution in [0.1, 0.15) is 10.4 Å². The normalized spacial score (nSPS) is 10.7. The van der Waals surface area contributed by atoms with E-state index in [2.05, 4.69) is 20.8 Å². The molecule has 0 aliphatic heterocycles. The summed E-state index contributed by atoms with van der Waals surface area (Å²) < 4.78 is 7.71. The Morgan fingerprint density at radius 2 is 1.77 bits per heavy atom. The number of ether oxygens (including phenoxy) is 1. The van der Waals surface area contributed by atoms with E-state index in [-0.39, 0.29) is 37.1 Å². The van der Waals surface area contributed by atoms with Gasteiger partial charge >= 0.3 is 0 Å². The maximum Gasteiger partial charge on any atom is 0.266 e. The number of hydrogen-bond donors (Lipinski definition) is 2. The fraction of sp³-hybridized carbons (Fsp3) is 0.160. The molecule has 10 heteroatoms. The summed E-state index contributed by atoms with van der Waals surface area (Å²) in [5, 5.41) is 14.1. The van der Waals surface area contributed by atoms with Crippen LogP contribution in [0.5, 0.6) is 0 Å². The number of nitrogens with zero attached hydrogens (tertiary/aromatic N) is 4. The van der Waals surface area contributed by atoms with Gasteiger partial charge in [0, 0.05) is 30.8 Å². The summed E-state index contributed by atoms with van der Waals surface area (Å²) in [6.45, 7) is 0.446. The van der Waals surface area contributed by atoms with Gasteiger partial charge in [0.25, 0.3) is 11.5 Å². The number of carbonyl (C=O) groups excluding carboxylic acids is 2. The minimum Gasteiger partial charge on any atom is -0.375 e. The van der Waals surface area contributed by atoms with E-state index in [0.717, 1.165) is 11.3 Å². The number of hydrogen-bond acceptors (Lipinski definition) is 6. The van der Waals surface area contributed by atoms with Crippen molar-refractivity contribution in [1.29, 1.82) is 0 Å². The van der Waals surface area contributed by atoms with Crippen LogP contribution in [0, 0.1) is 0 Å². The monoisotopic (exact) mass is 472 g/mol. The van der Waals surface area contributed by atoms with Crippen molar-refractivity contribution in [3.05, 3.63) is 95.0 Å². The molecule has 4 rings (SSSR count). The summed E-state index contributed by atoms with van der Waals surface area (Å²) in [6.07, 6.45) is 3.19. The second-order valence-electron chi connectivity index (χ2n) is 7.60. The zero-order valence-corrected chi connectivity index (χ0v) is 19.0. The highest BCUT2D eigenvalue weighted by atomic mass is 16.5. The highest BCUT2D eigenvalue weighted by molar-refractivity contribution is 5.94. The van der Waals surface area contributed by atoms with Gasteiger partial charge in [-0.3, -0.25) is 14.4 Å². The first-order valence-electron chi connectivity index (χ1n) is 10.9. The lowest BCUT2D eigenvalue weighted by Crippen LogP contribution is -2.31. The summed E-state index contributed by atoms with van der Waals surface area (Å²) in [5.41, 5.74) is 3.09. The first-order valence-corrected chi connectivity index (χ1v) is 10.9. The largest absolute Gasteiger partial charge is 0.375 e. The summed E-state index contributed by atoms with van der Waals surface area (Å²) in [7, 11) is 1.45. The summed E-state index contributed by atoms with van der Waals surface area (Å²) in [5.74, 6) is -0.542. The quantitative estimate of drug-likeness (QED) is 0.385. The van der Waals surface area contributed by atoms with Gasteiger partial charge in [-0.15, -0.1) is 0 Å². The first-order chi connectivity index (χ1) is 17.0. The second-order valence-corrected chi connectivity index (χ2v) is 7.60. The molecule has 2 amide bonds. The molecule has 2 N–H and O–H groups in total. The Morgan fingerprint density at radius 1 is 1.00 bits per heavy atom. The molecule has 0 spiro atoms. The fourth-order valence-electron chi connectivity index (χ4n) is 3.37. The van der Waals surface area contributed by atoms with Crippen LogP contribution < -0.4 is 16.2 Å². The SMILES string of the molecule is COCC(=O)Nc1cnn(-c2ccc(C(=O)NCCn3nc(-c4ccccc4)ccc3=O)cc2)c1. The van der Waals surface area contributed by atoms with Crippen LogP contribution in [0.3, 0.4) is 0 Å². The minimum atomic E-state index is -0.275. The van der Waals surface area contributed by atoms with Gasteiger partial charge in [-0.05, 0) is 30.3 Å². The van der Waals surface area contributed by atoms with Crippen LogP contribution in [-0.2, 0) is 16.1 Å². The number of aromatic nitrogens is 4. The summed E-state index contributed by atoms with van der Waals surface area (Å²) in [4.78, 5) is 36.3. The molecule has 0 saturated carbocycles. The molecule has 35 heavy (non-hydrogen) atoms. The van der Waals surface area contributed by atoms with E-state index in [0.29, 0.717) is 16.9 Å². The molecule has 2 aromatic heterocycles. The summed E-state index contributed by atoms with van der Waals surface area (Å²) in [6, 6.07) is 19.6. The Kier molecular flexibility index (Phi) is 7.44. The number of benzene rings is 2. The second kappa shape index (κ2) is 11.0. The van der Waals surface area contributed by atoms with Gasteiger partial charge < -0.3 is 15.4 Å². The first kappa shape index (κ1) is 23.6. The number of amides is 2. The van der Waals surface area contributed by atoms with E-state index in [1.807, 2.05) is 30.3 Å². The highest BCUT2D eigenvalue weighted by Crippen LogP contribution is 2.14. The van der Waals surface area contributed by atoms with Gasteiger partial charge in [0.2, 0.25) is 5.91 Å². The van der Waals surface area contributed by atoms with Gasteiger partial charge in [0.1, 0.15) is 6.61 Å². The molecule has 0 atom stereocenters. The van der Waals surface area contributed by atoms with E-state index in [9.17, 15) is 14.4 Å². The molecule has 0 unspecified atom stereocenters. The van der Waals surface area contributed by atoms with E-state index >= 15 is 0 Å². The molecule has 2 heterocycles. The van der Waals surface area contributed by atoms with Gasteiger partial charge in [0.05, 0.1) is 36.0 Å². The molecule has 178 valence electrons. The lowest BCUT2D eigenvalue weighted by atomic mass is 10.1. The Balaban J connectivity index is 1.34. The molecule has 0 aliphatic rings. The predicted molar refractivity (Wildman–Crippen MR) is 130 cm³/mol. The fourth-order valence-corrected chi connectivity index (χ4v) is 3.37. The standard InChI is InChI=1S/C25H24N6O4/c1-35-17-23(32)28-20-15-27-31(16-20)21-9-7-19(8-10-21)25(34)26-13-14-30-24(33)12-11-22(29-30)18-5-3-2-4-6-18/h2-12,15-16H,13-14,17H2,1H3,(H,26,34)(H,28,32). The lowest BCUT2D eigenvalue weighted by molar-refractivity contribution is -0.119. The number of rotatable bonds is 9. The topological polar surface area (TPSA) is 120 Å². The van der Waals surface area contributed by atoms with Crippen molar-refractivity contribution >= 4 is 17.5 Å². The number of methoxy groups -OCH3 is 1. The van der Waals surface area contributed by atoms with Crippen molar-refractivity contribution < 1.29 is 14.3 Å². The van der Waals surface area contributed by atoms with Gasteiger partial charge in [-0.1, -0.05) is 30.3 Å². The van der Waals surface area contributed by atoms with Crippen molar-refractivity contribution in [1.82, 2.24) is 24.9 Å². The maximum atomic E-state index is 12.5. The number of carbonyl (C=O) groups is 2. The Morgan fingerprint density at radius 3 is 2.51 bits per heavy atom. The Bertz CT molecular complexity index is 1360. The van der Waals surface area contributed by atoms with Crippen LogP contribution in [0.15, 0.2) is 83.9 Å². The highest BCUT2D eigenvalue weighted by Gasteiger charge is 2.09. The van der Waals surface area contributed by atoms with E-state index < -0.39 is 0 Å². The zero-order chi connectivity index (χ0) is 24.6. The van der Waals surface area contributed by atoms with Crippen molar-refractivity contribution in [2.45, 2.75) is 6.54 Å². The smallest absolute Gasteiger partial charge is 0.266 e. The van der Waals surface area contributed by atoms with Crippen LogP contribution in [0.25, 0.3) is 16.9 Å². The van der Waals surface area contributed by atoms with Crippen molar-refractivity contribution in [2.24, 2.45) is 0 Å². The minimum absolute atomic E-state index is 0.0435. The maximum absolute atomic E-state index is 12.5. The van der Waals surface area contributed by atoms with Crippen molar-refractivity contribution in [3.63, 3.8) is 0 Å². The molecule has 0 radical (unpaired) electrons. The Hall–Kier alpha value is -4.57. The third kappa shape index (κ3) is 6.06. The zero-order valence-electron chi connectivity index (χ0n) is 19.0. The molecular weight excluding hydrogens is 448 g/mol. The number of anilines is 1. The van der Waals surface area contributed by atoms with Gasteiger partial charge in [-0.2, -0.15) is 10.2 Å². The average molecular weight is 473 g/mol. The summed E-state index contributed by atoms with van der Waals surface area (Å²) >= 11 is 0. The van der Waals surface area contributed by atoms with Gasteiger partial charge in [-0.25, -0.2) is 9.36 Å². The average Bonchev–Trinajstić information content (AvgIpc) is 3.34. The molecule has 4 aromatic rings. The lowest BCUT2D eigenvalue weighted by Gasteiger charge is -2.09. The third-order valence-corrected chi connectivity index (χ3v) is 5.08. The van der Waals surface area contributed by atoms with Crippen LogP contribution >= 0.6 is 0 Å². The van der Waals surface area contributed by atoms with Crippen LogP contribution in [-0.4, -0.2) is 51.6 Å². The van der Waals surface area contributed by atoms with Crippen LogP contribution in [0.2, 0.25) is 0 Å². The number of nitrogens with one attached hydrogen (secondary N) is 2. The third-order valence-electron chi connectivity index (χ3n) is 5.08. The molecular formula is C25H24N6O4. The van der Waals surface area contributed by atoms with Crippen molar-refractivity contribution in [2.75, 3.05) is 25.6 Å². The van der Waals surface area contributed by atoms with E-state index in [1.54, 1.807) is 41.2 Å². The molecule has 0 saturated heterocycles. The molecule has 10 nitrogen and oxygen atoms in total. The van der Waals surface area contributed by atoms with E-state index in [1.165, 1.54) is 24.1 Å². The Labute approximate surface area is 201 Å². The van der Waals surface area contributed by atoms with Crippen molar-refractivity contribution in [3.8, 4) is 16.9 Å². The molecule has 0 bridgehead atoms. The molecule has 0 aliphatic carbocycles.